The van der Waals surface area contributed by atoms with Crippen molar-refractivity contribution in [3.8, 4) is 5.75 Å². The third-order valence-electron chi connectivity index (χ3n) is 4.08. The van der Waals surface area contributed by atoms with E-state index in [9.17, 15) is 9.59 Å². The zero-order valence-corrected chi connectivity index (χ0v) is 16.8. The van der Waals surface area contributed by atoms with Gasteiger partial charge in [-0.2, -0.15) is 5.10 Å². The summed E-state index contributed by atoms with van der Waals surface area (Å²) in [7, 11) is 0. The molecule has 0 saturated carbocycles. The van der Waals surface area contributed by atoms with Crippen molar-refractivity contribution in [2.45, 2.75) is 13.2 Å². The zero-order chi connectivity index (χ0) is 21.2. The van der Waals surface area contributed by atoms with Crippen molar-refractivity contribution in [3.05, 3.63) is 101 Å². The number of carbonyl (C=O) groups excluding carboxylic acids is 2. The Hall–Kier alpha value is -3.64. The molecular weight excluding hydrogens is 402 g/mol. The van der Waals surface area contributed by atoms with Gasteiger partial charge in [-0.1, -0.05) is 54.1 Å². The lowest BCUT2D eigenvalue weighted by Gasteiger charge is -2.06. The van der Waals surface area contributed by atoms with Gasteiger partial charge in [0.25, 0.3) is 0 Å². The number of amides is 2. The van der Waals surface area contributed by atoms with Crippen LogP contribution in [0.2, 0.25) is 5.02 Å². The normalized spacial score (nSPS) is 10.6. The number of hydrogen-bond donors (Lipinski definition) is 2. The Kier molecular flexibility index (Phi) is 7.58. The maximum absolute atomic E-state index is 11.8. The number of hydrogen-bond acceptors (Lipinski definition) is 4. The lowest BCUT2D eigenvalue weighted by Crippen LogP contribution is -2.37. The summed E-state index contributed by atoms with van der Waals surface area (Å²) >= 11 is 5.81. The van der Waals surface area contributed by atoms with Gasteiger partial charge in [0.1, 0.15) is 12.4 Å². The highest BCUT2D eigenvalue weighted by Crippen LogP contribution is 2.13. The maximum atomic E-state index is 11.8. The summed E-state index contributed by atoms with van der Waals surface area (Å²) in [6.45, 7) is 0.701. The summed E-state index contributed by atoms with van der Waals surface area (Å²) in [6, 6.07) is 24.1. The van der Waals surface area contributed by atoms with E-state index in [1.165, 1.54) is 6.21 Å². The van der Waals surface area contributed by atoms with Crippen LogP contribution in [0.15, 0.2) is 84.0 Å². The van der Waals surface area contributed by atoms with Crippen LogP contribution in [0.5, 0.6) is 5.75 Å². The molecule has 3 aromatic rings. The van der Waals surface area contributed by atoms with E-state index in [4.69, 9.17) is 16.3 Å². The van der Waals surface area contributed by atoms with Crippen LogP contribution in [0.3, 0.4) is 0 Å². The van der Waals surface area contributed by atoms with Crippen LogP contribution in [0.1, 0.15) is 16.7 Å². The van der Waals surface area contributed by atoms with Crippen LogP contribution in [0, 0.1) is 0 Å². The molecule has 0 atom stereocenters. The lowest BCUT2D eigenvalue weighted by molar-refractivity contribution is -0.139. The van der Waals surface area contributed by atoms with E-state index < -0.39 is 11.8 Å². The number of nitrogens with one attached hydrogen (secondary N) is 2. The van der Waals surface area contributed by atoms with Crippen LogP contribution < -0.4 is 15.5 Å². The molecule has 0 saturated heterocycles. The van der Waals surface area contributed by atoms with E-state index in [-0.39, 0.29) is 6.54 Å². The van der Waals surface area contributed by atoms with Crippen LogP contribution in [-0.2, 0) is 22.7 Å². The summed E-state index contributed by atoms with van der Waals surface area (Å²) in [6.07, 6.45) is 1.45. The fourth-order valence-corrected chi connectivity index (χ4v) is 2.60. The largest absolute Gasteiger partial charge is 0.489 e. The molecule has 0 radical (unpaired) electrons. The van der Waals surface area contributed by atoms with Gasteiger partial charge < -0.3 is 10.1 Å². The molecule has 0 fully saturated rings. The van der Waals surface area contributed by atoms with E-state index in [0.29, 0.717) is 11.6 Å². The molecule has 2 N–H and O–H groups in total. The first-order valence-electron chi connectivity index (χ1n) is 9.22. The van der Waals surface area contributed by atoms with Crippen molar-refractivity contribution in [2.75, 3.05) is 0 Å². The van der Waals surface area contributed by atoms with E-state index >= 15 is 0 Å². The fourth-order valence-electron chi connectivity index (χ4n) is 2.47. The predicted molar refractivity (Wildman–Crippen MR) is 116 cm³/mol. The Balaban J connectivity index is 1.42. The minimum Gasteiger partial charge on any atom is -0.489 e. The maximum Gasteiger partial charge on any atom is 0.329 e. The summed E-state index contributed by atoms with van der Waals surface area (Å²) in [5.41, 5.74) is 4.87. The van der Waals surface area contributed by atoms with Gasteiger partial charge in [0.2, 0.25) is 0 Å². The van der Waals surface area contributed by atoms with Gasteiger partial charge in [-0.15, -0.1) is 0 Å². The second-order valence-electron chi connectivity index (χ2n) is 6.35. The summed E-state index contributed by atoms with van der Waals surface area (Å²) in [4.78, 5) is 23.6. The molecule has 3 rings (SSSR count). The Morgan fingerprint density at radius 1 is 0.867 bits per heavy atom. The lowest BCUT2D eigenvalue weighted by atomic mass is 10.2. The van der Waals surface area contributed by atoms with Crippen molar-refractivity contribution < 1.29 is 14.3 Å². The quantitative estimate of drug-likeness (QED) is 0.347. The number of benzene rings is 3. The highest BCUT2D eigenvalue weighted by atomic mass is 35.5. The van der Waals surface area contributed by atoms with Crippen molar-refractivity contribution in [1.82, 2.24) is 10.7 Å². The molecule has 152 valence electrons. The minimum atomic E-state index is -0.844. The molecule has 0 aromatic heterocycles. The molecule has 3 aromatic carbocycles. The number of halogens is 1. The average molecular weight is 422 g/mol. The Labute approximate surface area is 179 Å². The van der Waals surface area contributed by atoms with E-state index in [0.717, 1.165) is 22.4 Å². The predicted octanol–water partition coefficient (Wildman–Crippen LogP) is 3.69. The van der Waals surface area contributed by atoms with Gasteiger partial charge in [-0.05, 0) is 53.1 Å². The SMILES string of the molecule is O=C(NCc1ccc(Cl)cc1)C(=O)N/N=C\c1ccc(OCc2ccccc2)cc1. The van der Waals surface area contributed by atoms with Crippen LogP contribution in [-0.4, -0.2) is 18.0 Å². The van der Waals surface area contributed by atoms with E-state index in [1.807, 2.05) is 42.5 Å². The molecular formula is C23H20ClN3O3. The van der Waals surface area contributed by atoms with Gasteiger partial charge in [0.05, 0.1) is 6.21 Å². The van der Waals surface area contributed by atoms with Gasteiger partial charge >= 0.3 is 11.8 Å². The summed E-state index contributed by atoms with van der Waals surface area (Å²) < 4.78 is 5.72. The Morgan fingerprint density at radius 2 is 1.57 bits per heavy atom. The Morgan fingerprint density at radius 3 is 2.27 bits per heavy atom. The first-order valence-corrected chi connectivity index (χ1v) is 9.60. The third-order valence-corrected chi connectivity index (χ3v) is 4.33. The molecule has 2 amide bonds. The number of hydrazone groups is 1. The minimum absolute atomic E-state index is 0.220. The molecule has 0 bridgehead atoms. The monoisotopic (exact) mass is 421 g/mol. The molecule has 0 unspecified atom stereocenters. The molecule has 0 spiro atoms. The van der Waals surface area contributed by atoms with Crippen molar-refractivity contribution in [3.63, 3.8) is 0 Å². The van der Waals surface area contributed by atoms with Gasteiger partial charge in [0, 0.05) is 11.6 Å². The van der Waals surface area contributed by atoms with E-state index in [1.54, 1.807) is 36.4 Å². The average Bonchev–Trinajstić information content (AvgIpc) is 2.78. The highest BCUT2D eigenvalue weighted by molar-refractivity contribution is 6.35. The van der Waals surface area contributed by atoms with Crippen molar-refractivity contribution in [1.29, 1.82) is 0 Å². The number of nitrogens with zero attached hydrogens (tertiary/aromatic N) is 1. The standard InChI is InChI=1S/C23H20ClN3O3/c24-20-10-6-17(7-11-20)14-25-22(28)23(29)27-26-15-18-8-12-21(13-9-18)30-16-19-4-2-1-3-5-19/h1-13,15H,14,16H2,(H,25,28)(H,27,29)/b26-15-. The molecule has 0 aliphatic heterocycles. The first-order chi connectivity index (χ1) is 14.6. The number of ether oxygens (including phenoxy) is 1. The van der Waals surface area contributed by atoms with Crippen LogP contribution in [0.4, 0.5) is 0 Å². The first kappa shape index (κ1) is 21.1. The third kappa shape index (κ3) is 6.76. The molecule has 30 heavy (non-hydrogen) atoms. The molecule has 0 aliphatic rings. The molecule has 6 nitrogen and oxygen atoms in total. The fraction of sp³-hybridized carbons (Fsp3) is 0.0870. The molecule has 0 aliphatic carbocycles. The molecule has 0 heterocycles. The van der Waals surface area contributed by atoms with Gasteiger partial charge in [-0.25, -0.2) is 5.43 Å². The van der Waals surface area contributed by atoms with Crippen molar-refractivity contribution >= 4 is 29.6 Å². The van der Waals surface area contributed by atoms with Crippen LogP contribution in [0.25, 0.3) is 0 Å². The number of rotatable bonds is 7. The van der Waals surface area contributed by atoms with Crippen molar-refractivity contribution in [2.24, 2.45) is 5.10 Å². The topological polar surface area (TPSA) is 79.8 Å². The Bertz CT molecular complexity index is 1000. The summed E-state index contributed by atoms with van der Waals surface area (Å²) in [5, 5.41) is 6.93. The van der Waals surface area contributed by atoms with Gasteiger partial charge in [0.15, 0.2) is 0 Å². The second kappa shape index (κ2) is 10.8. The zero-order valence-electron chi connectivity index (χ0n) is 16.0. The van der Waals surface area contributed by atoms with Crippen LogP contribution >= 0.6 is 11.6 Å². The van der Waals surface area contributed by atoms with E-state index in [2.05, 4.69) is 15.8 Å². The second-order valence-corrected chi connectivity index (χ2v) is 6.79. The smallest absolute Gasteiger partial charge is 0.329 e. The highest BCUT2D eigenvalue weighted by Gasteiger charge is 2.11. The molecule has 7 heteroatoms. The summed E-state index contributed by atoms with van der Waals surface area (Å²) in [5.74, 6) is -0.892. The number of carbonyl (C=O) groups is 2. The van der Waals surface area contributed by atoms with Gasteiger partial charge in [-0.3, -0.25) is 9.59 Å².